The number of rotatable bonds is 6. The molecule has 0 bridgehead atoms. The summed E-state index contributed by atoms with van der Waals surface area (Å²) in [4.78, 5) is 0. The molecule has 3 rings (SSSR count). The number of fused-ring (bicyclic) bond motifs is 1. The van der Waals surface area contributed by atoms with E-state index in [-0.39, 0.29) is 10.7 Å². The Balaban J connectivity index is 2.05. The third kappa shape index (κ3) is 3.03. The highest BCUT2D eigenvalue weighted by molar-refractivity contribution is 5.97. The van der Waals surface area contributed by atoms with Crippen molar-refractivity contribution in [3.05, 3.63) is 41.6 Å². The zero-order valence-corrected chi connectivity index (χ0v) is 15.1. The molecule has 2 atom stereocenters. The van der Waals surface area contributed by atoms with E-state index in [0.29, 0.717) is 12.5 Å². The van der Waals surface area contributed by atoms with Gasteiger partial charge >= 0.3 is 0 Å². The minimum Gasteiger partial charge on any atom is -0.627 e. The fourth-order valence-corrected chi connectivity index (χ4v) is 4.06. The van der Waals surface area contributed by atoms with Crippen molar-refractivity contribution in [3.63, 3.8) is 0 Å². The molecular weight excluding hydrogens is 298 g/mol. The lowest BCUT2D eigenvalue weighted by molar-refractivity contribution is 0.280. The maximum Gasteiger partial charge on any atom is 0.141 e. The largest absolute Gasteiger partial charge is 0.627 e. The Hall–Kier alpha value is -1.58. The quantitative estimate of drug-likeness (QED) is 0.390. The van der Waals surface area contributed by atoms with E-state index in [2.05, 4.69) is 32.9 Å². The fourth-order valence-electron chi connectivity index (χ4n) is 4.06. The van der Waals surface area contributed by atoms with Crippen LogP contribution in [0.4, 0.5) is 5.69 Å². The number of hydrogen-bond donors (Lipinski definition) is 0. The minimum atomic E-state index is -0.187. The van der Waals surface area contributed by atoms with Crippen LogP contribution in [0.3, 0.4) is 0 Å². The molecule has 1 aliphatic rings. The molecule has 2 aromatic carbocycles. The van der Waals surface area contributed by atoms with E-state index in [0.717, 1.165) is 54.5 Å². The molecule has 130 valence electrons. The van der Waals surface area contributed by atoms with Crippen LogP contribution >= 0.6 is 0 Å². The average molecular weight is 327 g/mol. The van der Waals surface area contributed by atoms with Crippen molar-refractivity contribution in [3.8, 4) is 5.75 Å². The van der Waals surface area contributed by atoms with Gasteiger partial charge in [0.2, 0.25) is 0 Å². The van der Waals surface area contributed by atoms with E-state index in [1.165, 1.54) is 0 Å². The second-order valence-corrected chi connectivity index (χ2v) is 7.30. The lowest BCUT2D eigenvalue weighted by Crippen LogP contribution is -2.49. The van der Waals surface area contributed by atoms with Gasteiger partial charge in [0.1, 0.15) is 11.4 Å². The zero-order chi connectivity index (χ0) is 17.2. The van der Waals surface area contributed by atoms with Gasteiger partial charge in [-0.05, 0) is 18.6 Å². The third-order valence-electron chi connectivity index (χ3n) is 5.32. The molecule has 2 unspecified atom stereocenters. The Labute approximate surface area is 145 Å². The topological polar surface area (TPSA) is 32.3 Å². The molecule has 0 aromatic heterocycles. The molecular formula is C21H29NO2. The van der Waals surface area contributed by atoms with Crippen LogP contribution in [0.15, 0.2) is 36.4 Å². The van der Waals surface area contributed by atoms with Gasteiger partial charge in [-0.3, -0.25) is 0 Å². The highest BCUT2D eigenvalue weighted by Gasteiger charge is 2.39. The normalized spacial score (nSPS) is 24.0. The summed E-state index contributed by atoms with van der Waals surface area (Å²) in [6, 6.07) is 12.4. The van der Waals surface area contributed by atoms with Crippen LogP contribution in [0.2, 0.25) is 0 Å². The van der Waals surface area contributed by atoms with Crippen molar-refractivity contribution in [2.45, 2.75) is 52.5 Å². The Morgan fingerprint density at radius 3 is 2.62 bits per heavy atom. The van der Waals surface area contributed by atoms with Crippen LogP contribution in [0.5, 0.6) is 5.75 Å². The van der Waals surface area contributed by atoms with Gasteiger partial charge in [-0.1, -0.05) is 45.4 Å². The molecule has 1 heterocycles. The first-order valence-corrected chi connectivity index (χ1v) is 9.31. The molecule has 1 fully saturated rings. The number of hydrogen-bond acceptors (Lipinski definition) is 2. The van der Waals surface area contributed by atoms with Crippen molar-refractivity contribution < 1.29 is 4.74 Å². The number of benzene rings is 2. The van der Waals surface area contributed by atoms with Gasteiger partial charge in [-0.25, -0.2) is 0 Å². The Kier molecular flexibility index (Phi) is 5.12. The van der Waals surface area contributed by atoms with E-state index in [9.17, 15) is 5.21 Å². The van der Waals surface area contributed by atoms with Gasteiger partial charge in [0.25, 0.3) is 0 Å². The van der Waals surface area contributed by atoms with Crippen LogP contribution in [0.1, 0.15) is 46.5 Å². The van der Waals surface area contributed by atoms with E-state index in [1.807, 2.05) is 24.3 Å². The summed E-state index contributed by atoms with van der Waals surface area (Å²) < 4.78 is 5.79. The Bertz CT molecular complexity index is 697. The van der Waals surface area contributed by atoms with Gasteiger partial charge in [0, 0.05) is 35.6 Å². The number of quaternary nitrogens is 1. The van der Waals surface area contributed by atoms with Crippen molar-refractivity contribution in [1.82, 2.24) is 4.65 Å². The molecule has 24 heavy (non-hydrogen) atoms. The third-order valence-corrected chi connectivity index (χ3v) is 5.32. The van der Waals surface area contributed by atoms with Crippen LogP contribution < -0.4 is 9.38 Å². The number of ether oxygens (including phenoxy) is 1. The summed E-state index contributed by atoms with van der Waals surface area (Å²) in [5.74, 6) is 1.29. The molecule has 0 radical (unpaired) electrons. The molecule has 1 saturated heterocycles. The highest BCUT2D eigenvalue weighted by Crippen LogP contribution is 2.43. The second kappa shape index (κ2) is 7.12. The predicted molar refractivity (Wildman–Crippen MR) is 102 cm³/mol. The lowest BCUT2D eigenvalue weighted by Gasteiger charge is -2.46. The smallest absolute Gasteiger partial charge is 0.141 e. The van der Waals surface area contributed by atoms with E-state index >= 15 is 0 Å². The molecule has 3 nitrogen and oxygen atoms in total. The van der Waals surface area contributed by atoms with Crippen LogP contribution in [-0.4, -0.2) is 19.2 Å². The van der Waals surface area contributed by atoms with Gasteiger partial charge < -0.3 is 14.6 Å². The first-order chi connectivity index (χ1) is 11.6. The van der Waals surface area contributed by atoms with Crippen LogP contribution in [0, 0.1) is 11.1 Å². The van der Waals surface area contributed by atoms with Crippen LogP contribution in [-0.2, 0) is 0 Å². The van der Waals surface area contributed by atoms with Crippen molar-refractivity contribution in [2.75, 3.05) is 13.2 Å². The van der Waals surface area contributed by atoms with E-state index in [4.69, 9.17) is 4.74 Å². The van der Waals surface area contributed by atoms with Gasteiger partial charge in [-0.2, -0.15) is 0 Å². The summed E-state index contributed by atoms with van der Waals surface area (Å²) in [6.45, 7) is 7.92. The minimum absolute atomic E-state index is 0.153. The maximum absolute atomic E-state index is 13.8. The van der Waals surface area contributed by atoms with E-state index in [1.54, 1.807) is 0 Å². The average Bonchev–Trinajstić information content (AvgIpc) is 2.98. The molecule has 0 N–H and O–H groups in total. The Morgan fingerprint density at radius 1 is 1.17 bits per heavy atom. The fraction of sp³-hybridized carbons (Fsp3) is 0.524. The van der Waals surface area contributed by atoms with Gasteiger partial charge in [0.05, 0.1) is 19.2 Å². The monoisotopic (exact) mass is 327 g/mol. The lowest BCUT2D eigenvalue weighted by atomic mass is 9.99. The molecule has 3 heteroatoms. The molecule has 0 amide bonds. The summed E-state index contributed by atoms with van der Waals surface area (Å²) in [5.41, 5.74) is 0.907. The van der Waals surface area contributed by atoms with Gasteiger partial charge in [0.15, 0.2) is 0 Å². The van der Waals surface area contributed by atoms with Crippen molar-refractivity contribution >= 4 is 16.5 Å². The molecule has 0 spiro atoms. The first-order valence-electron chi connectivity index (χ1n) is 9.31. The summed E-state index contributed by atoms with van der Waals surface area (Å²) in [6.07, 6.45) is 4.19. The standard InChI is InChI=1S/C21H29NO2/c1-4-5-15-24-21-13-12-20(17-9-6-7-10-18(17)21)22(23)14-8-11-19(22)16(2)3/h6-7,9-10,12-13,16,19H,4-5,8,11,14-15H2,1-3H3. The van der Waals surface area contributed by atoms with Crippen LogP contribution in [0.25, 0.3) is 10.8 Å². The second-order valence-electron chi connectivity index (χ2n) is 7.30. The summed E-state index contributed by atoms with van der Waals surface area (Å²) in [5, 5.41) is 15.9. The molecule has 2 aromatic rings. The number of nitrogens with zero attached hydrogens (tertiary/aromatic N) is 1. The predicted octanol–water partition coefficient (Wildman–Crippen LogP) is 5.64. The highest BCUT2D eigenvalue weighted by atomic mass is 16.5. The number of hydroxylamine groups is 2. The molecule has 0 aliphatic carbocycles. The summed E-state index contributed by atoms with van der Waals surface area (Å²) in [7, 11) is 0. The zero-order valence-electron chi connectivity index (χ0n) is 15.1. The maximum atomic E-state index is 13.8. The molecule has 0 saturated carbocycles. The van der Waals surface area contributed by atoms with Gasteiger partial charge in [-0.15, -0.1) is 0 Å². The number of unbranched alkanes of at least 4 members (excludes halogenated alkanes) is 1. The van der Waals surface area contributed by atoms with Crippen molar-refractivity contribution in [2.24, 2.45) is 5.92 Å². The summed E-state index contributed by atoms with van der Waals surface area (Å²) >= 11 is 0. The van der Waals surface area contributed by atoms with E-state index < -0.39 is 0 Å². The first kappa shape index (κ1) is 17.2. The Morgan fingerprint density at radius 2 is 1.92 bits per heavy atom. The SMILES string of the molecule is CCCCOc1ccc([N+]2([O-])CCCC2C(C)C)c2ccccc12. The van der Waals surface area contributed by atoms with Crippen molar-refractivity contribution in [1.29, 1.82) is 0 Å². The molecule has 1 aliphatic heterocycles.